The van der Waals surface area contributed by atoms with E-state index in [0.717, 1.165) is 0 Å². The van der Waals surface area contributed by atoms with Crippen molar-refractivity contribution in [1.29, 1.82) is 0 Å². The third-order valence-corrected chi connectivity index (χ3v) is 4.24. The molecule has 2 aromatic rings. The number of benzene rings is 2. The summed E-state index contributed by atoms with van der Waals surface area (Å²) in [6.45, 7) is 6.92. The van der Waals surface area contributed by atoms with E-state index >= 15 is 0 Å². The van der Waals surface area contributed by atoms with E-state index in [-0.39, 0.29) is 0 Å². The van der Waals surface area contributed by atoms with Gasteiger partial charge in [-0.15, -0.1) is 0 Å². The van der Waals surface area contributed by atoms with Crippen LogP contribution in [0.1, 0.15) is 38.8 Å². The van der Waals surface area contributed by atoms with E-state index in [0.29, 0.717) is 17.5 Å². The van der Waals surface area contributed by atoms with Gasteiger partial charge in [-0.2, -0.15) is 0 Å². The summed E-state index contributed by atoms with van der Waals surface area (Å²) in [7, 11) is 0. The standard InChI is InChI=1S/C17H21N/c1-12(18-16-11-17(16,2)3)14-9-8-13-6-4-5-7-15(13)10-14/h4-10,12,16,18H,11H2,1-3H3. The van der Waals surface area contributed by atoms with Crippen molar-refractivity contribution in [2.75, 3.05) is 0 Å². The molecule has 0 amide bonds. The van der Waals surface area contributed by atoms with Crippen LogP contribution in [0.25, 0.3) is 10.8 Å². The molecule has 3 rings (SSSR count). The zero-order valence-corrected chi connectivity index (χ0v) is 11.4. The SMILES string of the molecule is CC(NC1CC1(C)C)c1ccc2ccccc2c1. The van der Waals surface area contributed by atoms with E-state index in [4.69, 9.17) is 0 Å². The Morgan fingerprint density at radius 1 is 1.11 bits per heavy atom. The summed E-state index contributed by atoms with van der Waals surface area (Å²) in [4.78, 5) is 0. The highest BCUT2D eigenvalue weighted by Crippen LogP contribution is 2.45. The molecule has 0 aliphatic heterocycles. The summed E-state index contributed by atoms with van der Waals surface area (Å²) in [6, 6.07) is 16.4. The first-order valence-corrected chi connectivity index (χ1v) is 6.81. The number of fused-ring (bicyclic) bond motifs is 1. The maximum Gasteiger partial charge on any atom is 0.0294 e. The third kappa shape index (κ3) is 2.15. The molecular weight excluding hydrogens is 218 g/mol. The molecule has 94 valence electrons. The molecule has 0 bridgehead atoms. The molecule has 0 heterocycles. The van der Waals surface area contributed by atoms with Crippen LogP contribution in [0, 0.1) is 5.41 Å². The van der Waals surface area contributed by atoms with Crippen LogP contribution in [0.5, 0.6) is 0 Å². The fraction of sp³-hybridized carbons (Fsp3) is 0.412. The zero-order chi connectivity index (χ0) is 12.8. The first-order chi connectivity index (χ1) is 8.56. The van der Waals surface area contributed by atoms with Crippen LogP contribution in [-0.2, 0) is 0 Å². The van der Waals surface area contributed by atoms with Crippen LogP contribution in [0.2, 0.25) is 0 Å². The van der Waals surface area contributed by atoms with Crippen molar-refractivity contribution in [3.05, 3.63) is 48.0 Å². The van der Waals surface area contributed by atoms with E-state index in [2.05, 4.69) is 68.6 Å². The van der Waals surface area contributed by atoms with Crippen LogP contribution in [0.3, 0.4) is 0 Å². The fourth-order valence-electron chi connectivity index (χ4n) is 2.63. The molecule has 1 saturated carbocycles. The van der Waals surface area contributed by atoms with Gasteiger partial charge in [0.1, 0.15) is 0 Å². The van der Waals surface area contributed by atoms with Crippen LogP contribution in [0.4, 0.5) is 0 Å². The quantitative estimate of drug-likeness (QED) is 0.842. The molecule has 18 heavy (non-hydrogen) atoms. The summed E-state index contributed by atoms with van der Waals surface area (Å²) >= 11 is 0. The average molecular weight is 239 g/mol. The largest absolute Gasteiger partial charge is 0.307 e. The van der Waals surface area contributed by atoms with Crippen molar-refractivity contribution in [3.8, 4) is 0 Å². The highest BCUT2D eigenvalue weighted by atomic mass is 15.0. The first-order valence-electron chi connectivity index (χ1n) is 6.81. The normalized spacial score (nSPS) is 22.9. The van der Waals surface area contributed by atoms with Crippen molar-refractivity contribution >= 4 is 10.8 Å². The number of rotatable bonds is 3. The number of hydrogen-bond acceptors (Lipinski definition) is 1. The topological polar surface area (TPSA) is 12.0 Å². The molecule has 1 aliphatic rings. The third-order valence-electron chi connectivity index (χ3n) is 4.24. The summed E-state index contributed by atoms with van der Waals surface area (Å²) in [5, 5.41) is 6.38. The highest BCUT2D eigenvalue weighted by Gasteiger charge is 2.45. The molecule has 1 aliphatic carbocycles. The second kappa shape index (κ2) is 4.10. The number of nitrogens with one attached hydrogen (secondary N) is 1. The molecule has 1 heteroatoms. The predicted octanol–water partition coefficient (Wildman–Crippen LogP) is 4.29. The molecule has 0 aromatic heterocycles. The lowest BCUT2D eigenvalue weighted by atomic mass is 10.0. The summed E-state index contributed by atoms with van der Waals surface area (Å²) in [5.41, 5.74) is 1.88. The van der Waals surface area contributed by atoms with E-state index in [1.54, 1.807) is 0 Å². The van der Waals surface area contributed by atoms with Gasteiger partial charge >= 0.3 is 0 Å². The average Bonchev–Trinajstić information content (AvgIpc) is 2.95. The van der Waals surface area contributed by atoms with Crippen LogP contribution in [0.15, 0.2) is 42.5 Å². The smallest absolute Gasteiger partial charge is 0.0294 e. The second-order valence-electron chi connectivity index (χ2n) is 6.24. The van der Waals surface area contributed by atoms with E-state index in [9.17, 15) is 0 Å². The van der Waals surface area contributed by atoms with Gasteiger partial charge in [-0.3, -0.25) is 0 Å². The fourth-order valence-corrected chi connectivity index (χ4v) is 2.63. The van der Waals surface area contributed by atoms with Crippen molar-refractivity contribution in [2.24, 2.45) is 5.41 Å². The summed E-state index contributed by atoms with van der Waals surface area (Å²) < 4.78 is 0. The molecular formula is C17H21N. The molecule has 0 radical (unpaired) electrons. The summed E-state index contributed by atoms with van der Waals surface area (Å²) in [6.07, 6.45) is 1.30. The number of hydrogen-bond donors (Lipinski definition) is 1. The van der Waals surface area contributed by atoms with Crippen LogP contribution < -0.4 is 5.32 Å². The Bertz CT molecular complexity index is 571. The van der Waals surface area contributed by atoms with Gasteiger partial charge in [0, 0.05) is 12.1 Å². The minimum atomic E-state index is 0.432. The Morgan fingerprint density at radius 3 is 2.44 bits per heavy atom. The predicted molar refractivity (Wildman–Crippen MR) is 77.7 cm³/mol. The van der Waals surface area contributed by atoms with Crippen LogP contribution >= 0.6 is 0 Å². The van der Waals surface area contributed by atoms with E-state index < -0.39 is 0 Å². The minimum Gasteiger partial charge on any atom is -0.307 e. The maximum atomic E-state index is 3.73. The van der Waals surface area contributed by atoms with Gasteiger partial charge in [-0.25, -0.2) is 0 Å². The molecule has 2 aromatic carbocycles. The molecule has 2 atom stereocenters. The second-order valence-corrected chi connectivity index (χ2v) is 6.24. The Morgan fingerprint density at radius 2 is 1.78 bits per heavy atom. The zero-order valence-electron chi connectivity index (χ0n) is 11.4. The van der Waals surface area contributed by atoms with Gasteiger partial charge in [0.05, 0.1) is 0 Å². The van der Waals surface area contributed by atoms with Crippen molar-refractivity contribution in [3.63, 3.8) is 0 Å². The van der Waals surface area contributed by atoms with Gasteiger partial charge in [-0.05, 0) is 41.2 Å². The van der Waals surface area contributed by atoms with Gasteiger partial charge in [-0.1, -0.05) is 50.2 Å². The Balaban J connectivity index is 1.81. The Kier molecular flexibility index (Phi) is 2.67. The summed E-state index contributed by atoms with van der Waals surface area (Å²) in [5.74, 6) is 0. The van der Waals surface area contributed by atoms with Crippen molar-refractivity contribution < 1.29 is 0 Å². The van der Waals surface area contributed by atoms with Crippen LogP contribution in [-0.4, -0.2) is 6.04 Å². The van der Waals surface area contributed by atoms with Gasteiger partial charge in [0.2, 0.25) is 0 Å². The molecule has 0 saturated heterocycles. The molecule has 1 N–H and O–H groups in total. The van der Waals surface area contributed by atoms with E-state index in [1.807, 2.05) is 0 Å². The van der Waals surface area contributed by atoms with Gasteiger partial charge in [0.25, 0.3) is 0 Å². The van der Waals surface area contributed by atoms with Gasteiger partial charge < -0.3 is 5.32 Å². The minimum absolute atomic E-state index is 0.432. The maximum absolute atomic E-state index is 3.73. The lowest BCUT2D eigenvalue weighted by Gasteiger charge is -2.16. The lowest BCUT2D eigenvalue weighted by molar-refractivity contribution is 0.492. The van der Waals surface area contributed by atoms with Crippen molar-refractivity contribution in [2.45, 2.75) is 39.3 Å². The monoisotopic (exact) mass is 239 g/mol. The lowest BCUT2D eigenvalue weighted by Crippen LogP contribution is -2.24. The Labute approximate surface area is 109 Å². The Hall–Kier alpha value is -1.34. The molecule has 2 unspecified atom stereocenters. The van der Waals surface area contributed by atoms with Crippen molar-refractivity contribution in [1.82, 2.24) is 5.32 Å². The molecule has 0 spiro atoms. The molecule has 1 nitrogen and oxygen atoms in total. The van der Waals surface area contributed by atoms with E-state index in [1.165, 1.54) is 22.8 Å². The first kappa shape index (κ1) is 11.7. The van der Waals surface area contributed by atoms with Gasteiger partial charge in [0.15, 0.2) is 0 Å². The molecule has 1 fully saturated rings. The highest BCUT2D eigenvalue weighted by molar-refractivity contribution is 5.83.